The van der Waals surface area contributed by atoms with Crippen LogP contribution in [0.25, 0.3) is 10.6 Å². The van der Waals surface area contributed by atoms with Crippen molar-refractivity contribution in [3.63, 3.8) is 0 Å². The van der Waals surface area contributed by atoms with Crippen molar-refractivity contribution in [1.82, 2.24) is 15.3 Å². The van der Waals surface area contributed by atoms with Crippen molar-refractivity contribution in [2.45, 2.75) is 25.8 Å². The van der Waals surface area contributed by atoms with Crippen LogP contribution in [-0.2, 0) is 24.2 Å². The minimum atomic E-state index is 0.0122. The zero-order valence-electron chi connectivity index (χ0n) is 13.1. The Balaban J connectivity index is 1.44. The summed E-state index contributed by atoms with van der Waals surface area (Å²) in [6.07, 6.45) is 7.64. The van der Waals surface area contributed by atoms with E-state index >= 15 is 0 Å². The number of furan rings is 1. The van der Waals surface area contributed by atoms with Gasteiger partial charge in [0.05, 0.1) is 18.5 Å². The summed E-state index contributed by atoms with van der Waals surface area (Å²) in [7, 11) is 0. The van der Waals surface area contributed by atoms with Crippen molar-refractivity contribution in [2.75, 3.05) is 0 Å². The largest absolute Gasteiger partial charge is 0.467 e. The molecule has 6 heteroatoms. The van der Waals surface area contributed by atoms with Crippen molar-refractivity contribution < 1.29 is 9.21 Å². The predicted molar refractivity (Wildman–Crippen MR) is 91.4 cm³/mol. The molecular formula is C18H17N3O2S. The second-order valence-electron chi connectivity index (χ2n) is 5.86. The molecule has 122 valence electrons. The van der Waals surface area contributed by atoms with Gasteiger partial charge in [0.25, 0.3) is 0 Å². The molecule has 3 aromatic heterocycles. The molecule has 0 spiro atoms. The third kappa shape index (κ3) is 3.10. The average molecular weight is 339 g/mol. The maximum absolute atomic E-state index is 12.4. The zero-order chi connectivity index (χ0) is 16.4. The molecule has 1 aliphatic carbocycles. The Labute approximate surface area is 143 Å². The number of amides is 1. The number of hydrogen-bond acceptors (Lipinski definition) is 5. The number of carbonyl (C=O) groups excluding carboxylic acids is 1. The number of rotatable bonds is 4. The van der Waals surface area contributed by atoms with Gasteiger partial charge >= 0.3 is 0 Å². The maximum Gasteiger partial charge on any atom is 0.223 e. The van der Waals surface area contributed by atoms with Gasteiger partial charge in [0.2, 0.25) is 5.91 Å². The number of thiazole rings is 1. The number of aromatic nitrogens is 2. The number of fused-ring (bicyclic) bond motifs is 1. The molecule has 24 heavy (non-hydrogen) atoms. The lowest BCUT2D eigenvalue weighted by atomic mass is 9.90. The molecule has 4 rings (SSSR count). The molecule has 5 nitrogen and oxygen atoms in total. The van der Waals surface area contributed by atoms with Gasteiger partial charge in [0.1, 0.15) is 10.8 Å². The quantitative estimate of drug-likeness (QED) is 0.792. The van der Waals surface area contributed by atoms with Crippen molar-refractivity contribution in [3.8, 4) is 10.6 Å². The van der Waals surface area contributed by atoms with Gasteiger partial charge in [-0.05, 0) is 43.5 Å². The van der Waals surface area contributed by atoms with E-state index in [0.29, 0.717) is 6.54 Å². The van der Waals surface area contributed by atoms with Crippen LogP contribution in [0.5, 0.6) is 0 Å². The summed E-state index contributed by atoms with van der Waals surface area (Å²) in [5.41, 5.74) is 2.23. The van der Waals surface area contributed by atoms with Gasteiger partial charge in [-0.25, -0.2) is 4.98 Å². The van der Waals surface area contributed by atoms with Crippen LogP contribution in [0.4, 0.5) is 0 Å². The van der Waals surface area contributed by atoms with Crippen LogP contribution in [0.2, 0.25) is 0 Å². The van der Waals surface area contributed by atoms with Crippen LogP contribution in [0.3, 0.4) is 0 Å². The number of pyridine rings is 1. The van der Waals surface area contributed by atoms with Gasteiger partial charge < -0.3 is 9.73 Å². The smallest absolute Gasteiger partial charge is 0.223 e. The van der Waals surface area contributed by atoms with E-state index in [1.165, 1.54) is 4.88 Å². The number of carbonyl (C=O) groups is 1. The molecule has 1 N–H and O–H groups in total. The number of nitrogens with one attached hydrogen (secondary N) is 1. The summed E-state index contributed by atoms with van der Waals surface area (Å²) in [5, 5.41) is 3.98. The van der Waals surface area contributed by atoms with Crippen molar-refractivity contribution in [3.05, 3.63) is 59.3 Å². The first-order valence-corrected chi connectivity index (χ1v) is 8.80. The van der Waals surface area contributed by atoms with Crippen LogP contribution in [0.1, 0.15) is 22.8 Å². The van der Waals surface area contributed by atoms with Crippen LogP contribution < -0.4 is 5.32 Å². The van der Waals surface area contributed by atoms with Crippen molar-refractivity contribution in [1.29, 1.82) is 0 Å². The highest BCUT2D eigenvalue weighted by Gasteiger charge is 2.27. The Hall–Kier alpha value is -2.47. The minimum absolute atomic E-state index is 0.0122. The van der Waals surface area contributed by atoms with Crippen molar-refractivity contribution in [2.24, 2.45) is 5.92 Å². The summed E-state index contributed by atoms with van der Waals surface area (Å²) in [6, 6.07) is 7.63. The van der Waals surface area contributed by atoms with E-state index in [-0.39, 0.29) is 11.8 Å². The van der Waals surface area contributed by atoms with E-state index in [2.05, 4.69) is 10.3 Å². The lowest BCUT2D eigenvalue weighted by Gasteiger charge is -2.20. The van der Waals surface area contributed by atoms with E-state index in [0.717, 1.165) is 41.3 Å². The van der Waals surface area contributed by atoms with Gasteiger partial charge in [-0.2, -0.15) is 0 Å². The fraction of sp³-hybridized carbons (Fsp3) is 0.278. The average Bonchev–Trinajstić information content (AvgIpc) is 3.29. The molecule has 0 aliphatic heterocycles. The van der Waals surface area contributed by atoms with Crippen molar-refractivity contribution >= 4 is 17.2 Å². The summed E-state index contributed by atoms with van der Waals surface area (Å²) in [4.78, 5) is 22.4. The Bertz CT molecular complexity index is 827. The Morgan fingerprint density at radius 3 is 3.00 bits per heavy atom. The molecular weight excluding hydrogens is 322 g/mol. The van der Waals surface area contributed by atoms with E-state index < -0.39 is 0 Å². The monoisotopic (exact) mass is 339 g/mol. The standard InChI is InChI=1S/C18H17N3O2S/c22-17(20-11-14-2-1-9-23-14)13-3-4-15-16(10-13)24-18(21-15)12-5-7-19-8-6-12/h1-2,5-9,13H,3-4,10-11H2,(H,20,22). The van der Waals surface area contributed by atoms with E-state index in [1.54, 1.807) is 30.0 Å². The van der Waals surface area contributed by atoms with Crippen LogP contribution in [-0.4, -0.2) is 15.9 Å². The van der Waals surface area contributed by atoms with Crippen LogP contribution >= 0.6 is 11.3 Å². The topological polar surface area (TPSA) is 68.0 Å². The lowest BCUT2D eigenvalue weighted by Crippen LogP contribution is -2.33. The van der Waals surface area contributed by atoms with Gasteiger partial charge in [-0.1, -0.05) is 0 Å². The number of hydrogen-bond donors (Lipinski definition) is 1. The normalized spacial score (nSPS) is 16.6. The van der Waals surface area contributed by atoms with Crippen LogP contribution in [0, 0.1) is 5.92 Å². The molecule has 1 aliphatic rings. The second-order valence-corrected chi connectivity index (χ2v) is 6.95. The van der Waals surface area contributed by atoms with Gasteiger partial charge in [-0.3, -0.25) is 9.78 Å². The third-order valence-corrected chi connectivity index (χ3v) is 5.42. The van der Waals surface area contributed by atoms with Gasteiger partial charge in [-0.15, -0.1) is 11.3 Å². The van der Waals surface area contributed by atoms with E-state index in [9.17, 15) is 4.79 Å². The molecule has 1 amide bonds. The van der Waals surface area contributed by atoms with Gasteiger partial charge in [0.15, 0.2) is 0 Å². The first kappa shape index (κ1) is 15.1. The highest BCUT2D eigenvalue weighted by molar-refractivity contribution is 7.15. The van der Waals surface area contributed by atoms with Crippen LogP contribution in [0.15, 0.2) is 47.3 Å². The molecule has 1 unspecified atom stereocenters. The minimum Gasteiger partial charge on any atom is -0.467 e. The molecule has 0 aromatic carbocycles. The van der Waals surface area contributed by atoms with Gasteiger partial charge in [0, 0.05) is 28.8 Å². The number of nitrogens with zero attached hydrogens (tertiary/aromatic N) is 2. The highest BCUT2D eigenvalue weighted by Crippen LogP contribution is 2.34. The first-order valence-electron chi connectivity index (χ1n) is 7.98. The predicted octanol–water partition coefficient (Wildman–Crippen LogP) is 3.22. The maximum atomic E-state index is 12.4. The molecule has 0 fully saturated rings. The molecule has 0 saturated heterocycles. The SMILES string of the molecule is O=C(NCc1ccco1)C1CCc2nc(-c3ccncc3)sc2C1. The molecule has 0 radical (unpaired) electrons. The van der Waals surface area contributed by atoms with E-state index in [4.69, 9.17) is 9.40 Å². The highest BCUT2D eigenvalue weighted by atomic mass is 32.1. The second kappa shape index (κ2) is 6.57. The molecule has 3 aromatic rings. The lowest BCUT2D eigenvalue weighted by molar-refractivity contribution is -0.125. The zero-order valence-corrected chi connectivity index (χ0v) is 13.9. The fourth-order valence-electron chi connectivity index (χ4n) is 2.95. The first-order chi connectivity index (χ1) is 11.8. The molecule has 3 heterocycles. The molecule has 0 bridgehead atoms. The molecule has 1 atom stereocenters. The molecule has 0 saturated carbocycles. The third-order valence-electron chi connectivity index (χ3n) is 4.25. The van der Waals surface area contributed by atoms with E-state index in [1.807, 2.05) is 24.3 Å². The Kier molecular flexibility index (Phi) is 4.13. The number of aryl methyl sites for hydroxylation is 1. The summed E-state index contributed by atoms with van der Waals surface area (Å²) in [6.45, 7) is 0.445. The Morgan fingerprint density at radius 2 is 2.21 bits per heavy atom. The summed E-state index contributed by atoms with van der Waals surface area (Å²) < 4.78 is 5.25. The Morgan fingerprint density at radius 1 is 1.33 bits per heavy atom. The fourth-order valence-corrected chi connectivity index (χ4v) is 4.14. The summed E-state index contributed by atoms with van der Waals surface area (Å²) >= 11 is 1.69. The summed E-state index contributed by atoms with van der Waals surface area (Å²) in [5.74, 6) is 0.881.